The number of aliphatic hydroxyl groups excluding tert-OH is 1. The van der Waals surface area contributed by atoms with Crippen LogP contribution in [0, 0.1) is 13.8 Å². The van der Waals surface area contributed by atoms with Gasteiger partial charge in [0.25, 0.3) is 0 Å². The van der Waals surface area contributed by atoms with Gasteiger partial charge in [0.05, 0.1) is 11.8 Å². The van der Waals surface area contributed by atoms with Crippen LogP contribution in [-0.2, 0) is 0 Å². The maximum Gasteiger partial charge on any atom is 0.214 e. The summed E-state index contributed by atoms with van der Waals surface area (Å²) in [6.07, 6.45) is -0.616. The van der Waals surface area contributed by atoms with Crippen LogP contribution < -0.4 is 4.74 Å². The molecule has 0 aliphatic heterocycles. The molecule has 3 rings (SSSR count). The lowest BCUT2D eigenvalue weighted by Crippen LogP contribution is -2.20. The monoisotopic (exact) mass is 356 g/mol. The molecule has 0 bridgehead atoms. The topological polar surface area (TPSA) is 73.1 Å². The Kier molecular flexibility index (Phi) is 5.67. The molecule has 0 fully saturated rings. The second-order valence-electron chi connectivity index (χ2n) is 5.75. The van der Waals surface area contributed by atoms with Crippen LogP contribution in [0.3, 0.4) is 0 Å². The van der Waals surface area contributed by atoms with Gasteiger partial charge in [0.1, 0.15) is 12.4 Å². The minimum Gasteiger partial charge on any atom is -0.491 e. The molecule has 1 atom stereocenters. The molecule has 0 aliphatic rings. The summed E-state index contributed by atoms with van der Waals surface area (Å²) in [4.78, 5) is 0. The van der Waals surface area contributed by atoms with Gasteiger partial charge in [0.15, 0.2) is 0 Å². The van der Waals surface area contributed by atoms with Crippen molar-refractivity contribution >= 4 is 11.8 Å². The number of aliphatic hydroxyl groups is 1. The minimum atomic E-state index is -0.616. The van der Waals surface area contributed by atoms with E-state index in [1.807, 2.05) is 49.4 Å². The smallest absolute Gasteiger partial charge is 0.214 e. The fourth-order valence-electron chi connectivity index (χ4n) is 2.39. The van der Waals surface area contributed by atoms with E-state index < -0.39 is 6.10 Å². The largest absolute Gasteiger partial charge is 0.491 e. The SMILES string of the molecule is Cc1ccc(-n2nnnc2SC[C@@H](O)COc2ccccc2)c(C)c1. The van der Waals surface area contributed by atoms with Crippen molar-refractivity contribution in [2.24, 2.45) is 0 Å². The number of aromatic nitrogens is 4. The zero-order valence-corrected chi connectivity index (χ0v) is 15.0. The Labute approximate surface area is 150 Å². The number of benzene rings is 2. The van der Waals surface area contributed by atoms with Crippen LogP contribution in [0.4, 0.5) is 0 Å². The van der Waals surface area contributed by atoms with E-state index in [1.165, 1.54) is 17.3 Å². The molecule has 1 heterocycles. The summed E-state index contributed by atoms with van der Waals surface area (Å²) in [5.41, 5.74) is 3.23. The summed E-state index contributed by atoms with van der Waals surface area (Å²) in [5.74, 6) is 1.18. The van der Waals surface area contributed by atoms with Crippen molar-refractivity contribution in [3.05, 3.63) is 59.7 Å². The second kappa shape index (κ2) is 8.13. The average Bonchev–Trinajstić information content (AvgIpc) is 3.07. The van der Waals surface area contributed by atoms with Crippen LogP contribution >= 0.6 is 11.8 Å². The average molecular weight is 356 g/mol. The lowest BCUT2D eigenvalue weighted by Gasteiger charge is -2.12. The first-order chi connectivity index (χ1) is 12.1. The van der Waals surface area contributed by atoms with Crippen molar-refractivity contribution in [2.75, 3.05) is 12.4 Å². The number of thioether (sulfide) groups is 1. The third-order valence-electron chi connectivity index (χ3n) is 3.61. The predicted octanol–water partition coefficient (Wildman–Crippen LogP) is 2.81. The summed E-state index contributed by atoms with van der Waals surface area (Å²) < 4.78 is 7.26. The Morgan fingerprint density at radius 3 is 2.72 bits per heavy atom. The van der Waals surface area contributed by atoms with Crippen LogP contribution in [-0.4, -0.2) is 43.8 Å². The maximum absolute atomic E-state index is 10.1. The Hall–Kier alpha value is -2.38. The molecule has 0 spiro atoms. The van der Waals surface area contributed by atoms with Crippen LogP contribution in [0.25, 0.3) is 5.69 Å². The molecule has 0 amide bonds. The first-order valence-electron chi connectivity index (χ1n) is 7.98. The van der Waals surface area contributed by atoms with Crippen LogP contribution in [0.1, 0.15) is 11.1 Å². The van der Waals surface area contributed by atoms with Gasteiger partial charge in [-0.2, -0.15) is 4.68 Å². The zero-order chi connectivity index (χ0) is 17.6. The number of ether oxygens (including phenoxy) is 1. The Morgan fingerprint density at radius 2 is 1.96 bits per heavy atom. The van der Waals surface area contributed by atoms with E-state index in [2.05, 4.69) is 28.5 Å². The fourth-order valence-corrected chi connectivity index (χ4v) is 3.18. The molecule has 25 heavy (non-hydrogen) atoms. The number of para-hydroxylation sites is 1. The van der Waals surface area contributed by atoms with E-state index in [4.69, 9.17) is 4.74 Å². The highest BCUT2D eigenvalue weighted by atomic mass is 32.2. The minimum absolute atomic E-state index is 0.224. The van der Waals surface area contributed by atoms with Crippen molar-refractivity contribution in [3.8, 4) is 11.4 Å². The van der Waals surface area contributed by atoms with Gasteiger partial charge in [-0.25, -0.2) is 0 Å². The first-order valence-corrected chi connectivity index (χ1v) is 8.97. The van der Waals surface area contributed by atoms with E-state index in [9.17, 15) is 5.11 Å². The molecular weight excluding hydrogens is 336 g/mol. The second-order valence-corrected chi connectivity index (χ2v) is 6.74. The third-order valence-corrected chi connectivity index (χ3v) is 4.68. The molecule has 0 unspecified atom stereocenters. The van der Waals surface area contributed by atoms with Gasteiger partial charge in [-0.15, -0.1) is 5.10 Å². The molecule has 2 aromatic carbocycles. The summed E-state index contributed by atoms with van der Waals surface area (Å²) in [7, 11) is 0. The van der Waals surface area contributed by atoms with Gasteiger partial charge in [-0.05, 0) is 48.0 Å². The fraction of sp³-hybridized carbons (Fsp3) is 0.278. The highest BCUT2D eigenvalue weighted by molar-refractivity contribution is 7.99. The van der Waals surface area contributed by atoms with E-state index in [1.54, 1.807) is 4.68 Å². The molecule has 0 saturated carbocycles. The van der Waals surface area contributed by atoms with Crippen LogP contribution in [0.5, 0.6) is 5.75 Å². The van der Waals surface area contributed by atoms with Gasteiger partial charge in [0.2, 0.25) is 5.16 Å². The van der Waals surface area contributed by atoms with E-state index >= 15 is 0 Å². The number of hydrogen-bond donors (Lipinski definition) is 1. The lowest BCUT2D eigenvalue weighted by molar-refractivity contribution is 0.126. The summed E-state index contributed by atoms with van der Waals surface area (Å²) in [6.45, 7) is 4.30. The first kappa shape index (κ1) is 17.4. The Bertz CT molecular complexity index is 823. The van der Waals surface area contributed by atoms with Gasteiger partial charge < -0.3 is 9.84 Å². The molecule has 7 heteroatoms. The van der Waals surface area contributed by atoms with Crippen molar-refractivity contribution in [3.63, 3.8) is 0 Å². The van der Waals surface area contributed by atoms with Crippen LogP contribution in [0.15, 0.2) is 53.7 Å². The lowest BCUT2D eigenvalue weighted by atomic mass is 10.1. The molecule has 0 saturated heterocycles. The standard InChI is InChI=1S/C18H20N4O2S/c1-13-8-9-17(14(2)10-13)22-18(19-20-21-22)25-12-15(23)11-24-16-6-4-3-5-7-16/h3-10,15,23H,11-12H2,1-2H3/t15-/m0/s1. The Morgan fingerprint density at radius 1 is 1.16 bits per heavy atom. The van der Waals surface area contributed by atoms with Crippen molar-refractivity contribution < 1.29 is 9.84 Å². The zero-order valence-electron chi connectivity index (χ0n) is 14.2. The summed E-state index contributed by atoms with van der Waals surface area (Å²) in [5, 5.41) is 22.7. The number of tetrazole rings is 1. The third kappa shape index (κ3) is 4.58. The molecule has 130 valence electrons. The van der Waals surface area contributed by atoms with Crippen molar-refractivity contribution in [2.45, 2.75) is 25.1 Å². The van der Waals surface area contributed by atoms with Crippen molar-refractivity contribution in [1.82, 2.24) is 20.2 Å². The molecule has 0 aliphatic carbocycles. The van der Waals surface area contributed by atoms with Gasteiger partial charge in [-0.1, -0.05) is 47.7 Å². The molecule has 0 radical (unpaired) electrons. The number of aryl methyl sites for hydroxylation is 2. The van der Waals surface area contributed by atoms with Crippen LogP contribution in [0.2, 0.25) is 0 Å². The maximum atomic E-state index is 10.1. The molecule has 6 nitrogen and oxygen atoms in total. The normalized spacial score (nSPS) is 12.1. The van der Waals surface area contributed by atoms with E-state index in [0.29, 0.717) is 10.9 Å². The highest BCUT2D eigenvalue weighted by Gasteiger charge is 2.14. The summed E-state index contributed by atoms with van der Waals surface area (Å²) >= 11 is 1.40. The molecule has 3 aromatic rings. The van der Waals surface area contributed by atoms with Gasteiger partial charge >= 0.3 is 0 Å². The number of rotatable bonds is 7. The predicted molar refractivity (Wildman–Crippen MR) is 97.3 cm³/mol. The van der Waals surface area contributed by atoms with Crippen molar-refractivity contribution in [1.29, 1.82) is 0 Å². The van der Waals surface area contributed by atoms with Gasteiger partial charge in [-0.3, -0.25) is 0 Å². The van der Waals surface area contributed by atoms with Gasteiger partial charge in [0, 0.05) is 5.75 Å². The molecular formula is C18H20N4O2S. The molecule has 1 aromatic heterocycles. The number of hydrogen-bond acceptors (Lipinski definition) is 6. The highest BCUT2D eigenvalue weighted by Crippen LogP contribution is 2.22. The van der Waals surface area contributed by atoms with E-state index in [0.717, 1.165) is 17.0 Å². The van der Waals surface area contributed by atoms with E-state index in [-0.39, 0.29) is 6.61 Å². The number of nitrogens with zero attached hydrogens (tertiary/aromatic N) is 4. The Balaban J connectivity index is 1.60. The molecule has 1 N–H and O–H groups in total. The summed E-state index contributed by atoms with van der Waals surface area (Å²) in [6, 6.07) is 15.6. The quantitative estimate of drug-likeness (QED) is 0.656.